The second kappa shape index (κ2) is 4.86. The maximum atomic E-state index is 8.82. The Morgan fingerprint density at radius 2 is 1.95 bits per heavy atom. The van der Waals surface area contributed by atoms with Crippen molar-refractivity contribution < 1.29 is 4.74 Å². The van der Waals surface area contributed by atoms with Crippen molar-refractivity contribution in [3.05, 3.63) is 54.2 Å². The zero-order valence-corrected chi connectivity index (χ0v) is 10.4. The topological polar surface area (TPSA) is 84.8 Å². The van der Waals surface area contributed by atoms with Gasteiger partial charge in [-0.1, -0.05) is 12.1 Å². The molecule has 0 saturated heterocycles. The molecule has 3 rings (SSSR count). The first kappa shape index (κ1) is 11.9. The number of anilines is 1. The first-order valence-corrected chi connectivity index (χ1v) is 5.96. The number of nitrogen functional groups attached to an aromatic ring is 1. The van der Waals surface area contributed by atoms with Crippen LogP contribution in [-0.4, -0.2) is 10.2 Å². The number of nitrogens with zero attached hydrogens (tertiary/aromatic N) is 3. The summed E-state index contributed by atoms with van der Waals surface area (Å²) in [5, 5.41) is 17.6. The van der Waals surface area contributed by atoms with Crippen molar-refractivity contribution in [1.29, 1.82) is 5.26 Å². The normalized spacial score (nSPS) is 10.2. The Kier molecular flexibility index (Phi) is 2.90. The lowest BCUT2D eigenvalue weighted by atomic mass is 10.2. The van der Waals surface area contributed by atoms with Gasteiger partial charge < -0.3 is 10.5 Å². The van der Waals surface area contributed by atoms with Crippen LogP contribution in [0.5, 0.6) is 11.5 Å². The summed E-state index contributed by atoms with van der Waals surface area (Å²) in [6.07, 6.45) is 1.54. The summed E-state index contributed by atoms with van der Waals surface area (Å²) in [4.78, 5) is 0. The summed E-state index contributed by atoms with van der Waals surface area (Å²) in [6, 6.07) is 14.5. The van der Waals surface area contributed by atoms with Crippen molar-refractivity contribution in [2.45, 2.75) is 0 Å². The van der Waals surface area contributed by atoms with Gasteiger partial charge in [0, 0.05) is 5.39 Å². The summed E-state index contributed by atoms with van der Waals surface area (Å²) in [5.74, 6) is 1.06. The molecule has 96 valence electrons. The molecule has 3 aromatic rings. The van der Waals surface area contributed by atoms with Crippen molar-refractivity contribution in [3.63, 3.8) is 0 Å². The summed E-state index contributed by atoms with van der Waals surface area (Å²) >= 11 is 0. The molecule has 0 fully saturated rings. The van der Waals surface area contributed by atoms with Crippen LogP contribution >= 0.6 is 0 Å². The highest BCUT2D eigenvalue weighted by Gasteiger charge is 2.07. The molecular weight excluding hydrogens is 252 g/mol. The fraction of sp³-hybridized carbons (Fsp3) is 0. The smallest absolute Gasteiger partial charge is 0.157 e. The predicted molar refractivity (Wildman–Crippen MR) is 75.2 cm³/mol. The van der Waals surface area contributed by atoms with Crippen molar-refractivity contribution in [2.75, 3.05) is 5.73 Å². The van der Waals surface area contributed by atoms with E-state index in [1.807, 2.05) is 30.3 Å². The number of nitriles is 1. The number of benzene rings is 2. The van der Waals surface area contributed by atoms with Crippen LogP contribution in [0.25, 0.3) is 10.9 Å². The van der Waals surface area contributed by atoms with Crippen molar-refractivity contribution in [2.24, 2.45) is 0 Å². The van der Waals surface area contributed by atoms with Crippen LogP contribution in [0.4, 0.5) is 5.69 Å². The van der Waals surface area contributed by atoms with Gasteiger partial charge in [-0.2, -0.15) is 15.5 Å². The first-order valence-electron chi connectivity index (χ1n) is 5.96. The third-order valence-electron chi connectivity index (χ3n) is 2.87. The van der Waals surface area contributed by atoms with Gasteiger partial charge in [-0.3, -0.25) is 0 Å². The van der Waals surface area contributed by atoms with Crippen LogP contribution < -0.4 is 10.5 Å². The largest absolute Gasteiger partial charge is 0.453 e. The molecule has 5 heteroatoms. The third-order valence-corrected chi connectivity index (χ3v) is 2.87. The minimum atomic E-state index is 0.407. The molecule has 5 nitrogen and oxygen atoms in total. The first-order chi connectivity index (χ1) is 9.78. The van der Waals surface area contributed by atoms with E-state index in [0.29, 0.717) is 22.7 Å². The Morgan fingerprint density at radius 3 is 2.75 bits per heavy atom. The molecule has 0 atom stereocenters. The van der Waals surface area contributed by atoms with E-state index in [2.05, 4.69) is 10.2 Å². The van der Waals surface area contributed by atoms with E-state index in [1.54, 1.807) is 24.4 Å². The zero-order chi connectivity index (χ0) is 13.9. The van der Waals surface area contributed by atoms with E-state index >= 15 is 0 Å². The Labute approximate surface area is 115 Å². The lowest BCUT2D eigenvalue weighted by Crippen LogP contribution is -1.95. The summed E-state index contributed by atoms with van der Waals surface area (Å²) < 4.78 is 5.78. The van der Waals surface area contributed by atoms with Gasteiger partial charge >= 0.3 is 0 Å². The minimum Gasteiger partial charge on any atom is -0.453 e. The molecule has 20 heavy (non-hydrogen) atoms. The number of aromatic nitrogens is 2. The van der Waals surface area contributed by atoms with Gasteiger partial charge in [0.05, 0.1) is 29.0 Å². The standard InChI is InChI=1S/C15H10N4O/c16-8-10-5-6-14(12(17)7-10)20-15-9-18-19-13-4-2-1-3-11(13)15/h1-7,9H,17H2. The van der Waals surface area contributed by atoms with Gasteiger partial charge in [0.15, 0.2) is 11.5 Å². The maximum Gasteiger partial charge on any atom is 0.157 e. The second-order valence-electron chi connectivity index (χ2n) is 4.19. The van der Waals surface area contributed by atoms with Crippen molar-refractivity contribution in [1.82, 2.24) is 10.2 Å². The number of hydrogen-bond acceptors (Lipinski definition) is 5. The fourth-order valence-corrected chi connectivity index (χ4v) is 1.89. The Balaban J connectivity index is 2.04. The lowest BCUT2D eigenvalue weighted by molar-refractivity contribution is 0.487. The number of ether oxygens (including phenoxy) is 1. The average Bonchev–Trinajstić information content (AvgIpc) is 2.49. The molecule has 0 saturated carbocycles. The molecule has 2 aromatic carbocycles. The zero-order valence-electron chi connectivity index (χ0n) is 10.4. The fourth-order valence-electron chi connectivity index (χ4n) is 1.89. The van der Waals surface area contributed by atoms with E-state index in [-0.39, 0.29) is 0 Å². The van der Waals surface area contributed by atoms with Crippen molar-refractivity contribution in [3.8, 4) is 17.6 Å². The number of nitrogens with two attached hydrogens (primary N) is 1. The molecule has 2 N–H and O–H groups in total. The Hall–Kier alpha value is -3.13. The van der Waals surface area contributed by atoms with Crippen LogP contribution in [-0.2, 0) is 0 Å². The highest BCUT2D eigenvalue weighted by atomic mass is 16.5. The van der Waals surface area contributed by atoms with Gasteiger partial charge in [0.2, 0.25) is 0 Å². The molecule has 0 unspecified atom stereocenters. The van der Waals surface area contributed by atoms with Gasteiger partial charge in [0.25, 0.3) is 0 Å². The highest BCUT2D eigenvalue weighted by molar-refractivity contribution is 5.84. The summed E-state index contributed by atoms with van der Waals surface area (Å²) in [5.41, 5.74) is 7.52. The molecule has 0 spiro atoms. The molecule has 0 radical (unpaired) electrons. The Bertz CT molecular complexity index is 818. The van der Waals surface area contributed by atoms with E-state index in [9.17, 15) is 0 Å². The molecular formula is C15H10N4O. The highest BCUT2D eigenvalue weighted by Crippen LogP contribution is 2.31. The molecule has 0 aliphatic rings. The third kappa shape index (κ3) is 2.10. The lowest BCUT2D eigenvalue weighted by Gasteiger charge is -2.09. The van der Waals surface area contributed by atoms with Gasteiger partial charge in [0.1, 0.15) is 0 Å². The molecule has 0 aliphatic carbocycles. The SMILES string of the molecule is N#Cc1ccc(Oc2cnnc3ccccc23)c(N)c1. The molecule has 0 aliphatic heterocycles. The molecule has 1 heterocycles. The van der Waals surface area contributed by atoms with Gasteiger partial charge in [-0.15, -0.1) is 0 Å². The quantitative estimate of drug-likeness (QED) is 0.718. The molecule has 0 bridgehead atoms. The van der Waals surface area contributed by atoms with Crippen LogP contribution in [0, 0.1) is 11.3 Å². The summed E-state index contributed by atoms with van der Waals surface area (Å²) in [6.45, 7) is 0. The van der Waals surface area contributed by atoms with Gasteiger partial charge in [-0.05, 0) is 30.3 Å². The van der Waals surface area contributed by atoms with Gasteiger partial charge in [-0.25, -0.2) is 0 Å². The molecule has 0 amide bonds. The maximum absolute atomic E-state index is 8.82. The van der Waals surface area contributed by atoms with Crippen molar-refractivity contribution >= 4 is 16.6 Å². The van der Waals surface area contributed by atoms with E-state index in [1.165, 1.54) is 0 Å². The monoisotopic (exact) mass is 262 g/mol. The average molecular weight is 262 g/mol. The van der Waals surface area contributed by atoms with Crippen LogP contribution in [0.1, 0.15) is 5.56 Å². The number of hydrogen-bond donors (Lipinski definition) is 1. The second-order valence-corrected chi connectivity index (χ2v) is 4.19. The van der Waals surface area contributed by atoms with Crippen LogP contribution in [0.2, 0.25) is 0 Å². The number of rotatable bonds is 2. The minimum absolute atomic E-state index is 0.407. The molecule has 1 aromatic heterocycles. The predicted octanol–water partition coefficient (Wildman–Crippen LogP) is 2.88. The van der Waals surface area contributed by atoms with E-state index in [0.717, 1.165) is 10.9 Å². The number of fused-ring (bicyclic) bond motifs is 1. The van der Waals surface area contributed by atoms with Crippen LogP contribution in [0.15, 0.2) is 48.7 Å². The summed E-state index contributed by atoms with van der Waals surface area (Å²) in [7, 11) is 0. The van der Waals surface area contributed by atoms with E-state index < -0.39 is 0 Å². The van der Waals surface area contributed by atoms with E-state index in [4.69, 9.17) is 15.7 Å². The Morgan fingerprint density at radius 1 is 1.10 bits per heavy atom. The van der Waals surface area contributed by atoms with Crippen LogP contribution in [0.3, 0.4) is 0 Å².